The molecule has 5 fully saturated rings. The number of carbonyl (C=O) groups is 5. The summed E-state index contributed by atoms with van der Waals surface area (Å²) in [6, 6.07) is 45.5. The summed E-state index contributed by atoms with van der Waals surface area (Å²) in [5.74, 6) is 3.75. The molecule has 0 unspecified atom stereocenters. The van der Waals surface area contributed by atoms with Crippen LogP contribution in [0.2, 0.25) is 10.0 Å². The number of fused-ring (bicyclic) bond motifs is 5. The van der Waals surface area contributed by atoms with E-state index in [1.165, 1.54) is 23.7 Å². The molecule has 0 saturated carbocycles. The lowest BCUT2D eigenvalue weighted by Crippen LogP contribution is -2.38. The number of halogens is 2. The van der Waals surface area contributed by atoms with Crippen LogP contribution in [-0.4, -0.2) is 192 Å². The Morgan fingerprint density at radius 1 is 0.400 bits per heavy atom. The van der Waals surface area contributed by atoms with E-state index in [2.05, 4.69) is 123 Å². The second-order valence-corrected chi connectivity index (χ2v) is 35.3. The van der Waals surface area contributed by atoms with Crippen LogP contribution in [0.15, 0.2) is 208 Å². The maximum atomic E-state index is 13.0. The number of pyridine rings is 6. The summed E-state index contributed by atoms with van der Waals surface area (Å²) in [4.78, 5) is 100. The number of nitrogen functional groups attached to an aromatic ring is 1. The number of hydrogen-bond donors (Lipinski definition) is 1. The first kappa shape index (κ1) is 89.6. The quantitative estimate of drug-likeness (QED) is 0.119. The SMILES string of the molecule is CC1CCN(C(=O)c2cnc3c(cnn3-c3cncc(Cl)c3)c2)CC1.COc1ccc(-n2ccc3c(C#N)c(C(=O)N4CCCCC4)cnc32)cc1.COc1ccc(-n2ccc3c(N)c(C(=O)N4CCCCC4)cnc32)cc1.Cc1ccc(-n2cc(Cl)c3cc(C(=O)N4CCC(C)CC4)cnc32)cc1.Cc1ccc(-n2ccc3c(C)c(C(=O)N4CCC(C)CC4)cnc32)cc1. The maximum Gasteiger partial charge on any atom is 0.257 e. The maximum absolute atomic E-state index is 13.0. The van der Waals surface area contributed by atoms with Gasteiger partial charge in [0.15, 0.2) is 5.65 Å². The number of aryl methyl sites for hydroxylation is 3. The molecule has 0 spiro atoms. The van der Waals surface area contributed by atoms with Gasteiger partial charge in [-0.25, -0.2) is 29.6 Å². The van der Waals surface area contributed by atoms with Crippen molar-refractivity contribution >= 4 is 114 Å². The predicted octanol–water partition coefficient (Wildman–Crippen LogP) is 19.5. The van der Waals surface area contributed by atoms with E-state index in [1.807, 2.05) is 155 Å². The minimum atomic E-state index is -0.0992. The Morgan fingerprint density at radius 3 is 1.28 bits per heavy atom. The molecule has 0 atom stereocenters. The van der Waals surface area contributed by atoms with Gasteiger partial charge in [0.25, 0.3) is 29.5 Å². The van der Waals surface area contributed by atoms with E-state index in [4.69, 9.17) is 38.4 Å². The normalized spacial score (nSPS) is 15.1. The number of piperidine rings is 5. The van der Waals surface area contributed by atoms with Gasteiger partial charge in [0.2, 0.25) is 0 Å². The lowest BCUT2D eigenvalue weighted by molar-refractivity contribution is 0.0688. The van der Waals surface area contributed by atoms with Crippen LogP contribution in [0.4, 0.5) is 5.69 Å². The molecular formula is C102H107Cl2N19O7. The molecule has 16 heterocycles. The summed E-state index contributed by atoms with van der Waals surface area (Å²) in [6.45, 7) is 20.9. The lowest BCUT2D eigenvalue weighted by Gasteiger charge is -2.30. The summed E-state index contributed by atoms with van der Waals surface area (Å²) in [7, 11) is 3.27. The number of hydrogen-bond acceptors (Lipinski definition) is 16. The first-order chi connectivity index (χ1) is 63.1. The average molecular weight is 1780 g/mol. The number of ether oxygens (including phenoxy) is 2. The molecule has 5 amide bonds. The zero-order valence-electron chi connectivity index (χ0n) is 74.7. The third-order valence-corrected chi connectivity index (χ3v) is 26.0. The van der Waals surface area contributed by atoms with E-state index < -0.39 is 0 Å². The van der Waals surface area contributed by atoms with E-state index in [0.29, 0.717) is 78.0 Å². The highest BCUT2D eigenvalue weighted by molar-refractivity contribution is 6.35. The van der Waals surface area contributed by atoms with Crippen LogP contribution < -0.4 is 15.2 Å². The zero-order chi connectivity index (χ0) is 90.8. The largest absolute Gasteiger partial charge is 0.497 e. The lowest BCUT2D eigenvalue weighted by atomic mass is 9.98. The van der Waals surface area contributed by atoms with Gasteiger partial charge in [-0.3, -0.25) is 33.5 Å². The molecule has 11 aromatic heterocycles. The van der Waals surface area contributed by atoms with Crippen LogP contribution in [0.5, 0.6) is 11.5 Å². The van der Waals surface area contributed by atoms with Crippen LogP contribution in [-0.2, 0) is 0 Å². The molecule has 26 nitrogen and oxygen atoms in total. The summed E-state index contributed by atoms with van der Waals surface area (Å²) in [5.41, 5.74) is 21.9. The number of carbonyl (C=O) groups excluding carboxylic acids is 5. The number of amides is 5. The number of methoxy groups -OCH3 is 2. The molecule has 0 bridgehead atoms. The Kier molecular flexibility index (Phi) is 27.8. The van der Waals surface area contributed by atoms with Gasteiger partial charge < -0.3 is 53.4 Å². The fourth-order valence-corrected chi connectivity index (χ4v) is 17.8. The summed E-state index contributed by atoms with van der Waals surface area (Å²) >= 11 is 12.5. The first-order valence-electron chi connectivity index (χ1n) is 44.7. The van der Waals surface area contributed by atoms with Gasteiger partial charge in [0.1, 0.15) is 40.2 Å². The number of nitrogens with zero attached hydrogens (tertiary/aromatic N) is 18. The number of anilines is 1. The smallest absolute Gasteiger partial charge is 0.257 e. The Bertz CT molecular complexity index is 6650. The number of nitrogens with two attached hydrogens (primary N) is 1. The standard InChI is InChI=1S/C22H25N3O.C21H22ClN3O.C21H20N4O2.C20H22N4O2.C18H18ClN5O/c1-15-4-6-18(7-5-15)25-13-10-19-17(3)20(14-23-21(19)25)22(26)24-11-8-16(2)9-12-24;1-14-3-5-17(6-4-14)25-13-19(22)18-11-16(12-23-20(18)25)21(26)24-9-7-15(2)8-10-24;1-27-16-7-5-15(6-8-16)25-12-9-17-18(13-22)19(14-23-20(17)25)21(26)24-10-3-2-4-11-24;1-26-15-7-5-14(6-8-15)24-12-9-16-18(21)17(13-22-19(16)24)20(25)23-10-3-2-4-11-23;1-12-2-4-23(5-3-12)18(25)14-6-13-9-22-24(17(13)21-8-14)16-7-15(19)10-20-11-16/h4-7,10,13-14,16H,8-9,11-12H2,1-3H3;3-6,11-13,15H,7-10H2,1-2H3;5-9,12,14H,2-4,10-11H2,1H3;5-9,12-13H,2-4,10-11H2,1H3,(H2,21,22);6-12H,2-5H2,1H3. The Morgan fingerprint density at radius 2 is 0.792 bits per heavy atom. The number of likely N-dealkylation sites (tertiary alicyclic amines) is 5. The second-order valence-electron chi connectivity index (χ2n) is 34.5. The molecule has 28 heteroatoms. The summed E-state index contributed by atoms with van der Waals surface area (Å²) in [6.07, 6.45) is 33.7. The molecule has 15 aromatic rings. The molecule has 666 valence electrons. The highest BCUT2D eigenvalue weighted by Crippen LogP contribution is 2.35. The minimum Gasteiger partial charge on any atom is -0.497 e. The van der Waals surface area contributed by atoms with Crippen molar-refractivity contribution in [3.8, 4) is 46.0 Å². The second kappa shape index (κ2) is 40.3. The number of rotatable bonds is 12. The van der Waals surface area contributed by atoms with Gasteiger partial charge in [0.05, 0.1) is 81.4 Å². The van der Waals surface area contributed by atoms with Crippen LogP contribution in [0, 0.1) is 49.9 Å². The van der Waals surface area contributed by atoms with Crippen LogP contribution in [0.25, 0.3) is 83.6 Å². The minimum absolute atomic E-state index is 0.0196. The predicted molar refractivity (Wildman–Crippen MR) is 510 cm³/mol. The van der Waals surface area contributed by atoms with Crippen LogP contribution in [0.3, 0.4) is 0 Å². The van der Waals surface area contributed by atoms with E-state index >= 15 is 0 Å². The van der Waals surface area contributed by atoms with Crippen molar-refractivity contribution in [2.45, 2.75) is 119 Å². The molecule has 2 N–H and O–H groups in total. The summed E-state index contributed by atoms with van der Waals surface area (Å²) < 4.78 is 20.0. The third kappa shape index (κ3) is 19.6. The molecule has 0 radical (unpaired) electrons. The monoisotopic (exact) mass is 1780 g/mol. The van der Waals surface area contributed by atoms with Gasteiger partial charge in [-0.1, -0.05) is 79.4 Å². The molecule has 20 rings (SSSR count). The van der Waals surface area contributed by atoms with Gasteiger partial charge in [0, 0.05) is 177 Å². The van der Waals surface area contributed by atoms with E-state index in [-0.39, 0.29) is 29.5 Å². The Balaban J connectivity index is 0.000000119. The van der Waals surface area contributed by atoms with Gasteiger partial charge >= 0.3 is 0 Å². The highest BCUT2D eigenvalue weighted by atomic mass is 35.5. The molecule has 5 aliphatic heterocycles. The topological polar surface area (TPSA) is 285 Å². The molecular weight excluding hydrogens is 1670 g/mol. The van der Waals surface area contributed by atoms with Gasteiger partial charge in [-0.2, -0.15) is 10.4 Å². The number of nitriles is 1. The van der Waals surface area contributed by atoms with Crippen molar-refractivity contribution in [2.75, 3.05) is 85.4 Å². The van der Waals surface area contributed by atoms with Crippen molar-refractivity contribution in [3.63, 3.8) is 0 Å². The van der Waals surface area contributed by atoms with Crippen LogP contribution in [0.1, 0.15) is 172 Å². The van der Waals surface area contributed by atoms with Crippen molar-refractivity contribution in [2.24, 2.45) is 17.8 Å². The number of benzene rings is 4. The summed E-state index contributed by atoms with van der Waals surface area (Å²) in [5, 5.41) is 19.4. The Labute approximate surface area is 765 Å². The molecule has 5 saturated heterocycles. The zero-order valence-corrected chi connectivity index (χ0v) is 76.2. The molecule has 130 heavy (non-hydrogen) atoms. The molecule has 5 aliphatic rings. The molecule has 4 aromatic carbocycles. The van der Waals surface area contributed by atoms with E-state index in [0.717, 1.165) is 226 Å². The van der Waals surface area contributed by atoms with Gasteiger partial charge in [-0.05, 0) is 230 Å². The van der Waals surface area contributed by atoms with Crippen molar-refractivity contribution in [3.05, 3.63) is 268 Å². The first-order valence-corrected chi connectivity index (χ1v) is 45.5. The molecule has 0 aliphatic carbocycles. The van der Waals surface area contributed by atoms with E-state index in [9.17, 15) is 29.2 Å². The number of aromatic nitrogens is 12. The van der Waals surface area contributed by atoms with Crippen LogP contribution >= 0.6 is 23.2 Å². The van der Waals surface area contributed by atoms with E-state index in [1.54, 1.807) is 68.3 Å². The van der Waals surface area contributed by atoms with Crippen molar-refractivity contribution < 1.29 is 33.4 Å². The fraction of sp³-hybridized carbons (Fsp3) is 0.324. The van der Waals surface area contributed by atoms with Crippen molar-refractivity contribution in [1.29, 1.82) is 5.26 Å². The van der Waals surface area contributed by atoms with Crippen molar-refractivity contribution in [1.82, 2.24) is 82.5 Å². The van der Waals surface area contributed by atoms with Gasteiger partial charge in [-0.15, -0.1) is 0 Å². The fourth-order valence-electron chi connectivity index (χ4n) is 17.4. The average Bonchev–Trinajstić information content (AvgIpc) is 1.57. The Hall–Kier alpha value is -13.8. The third-order valence-electron chi connectivity index (χ3n) is 25.5. The highest BCUT2D eigenvalue weighted by Gasteiger charge is 2.30.